The van der Waals surface area contributed by atoms with Crippen molar-refractivity contribution in [1.29, 1.82) is 0 Å². The highest BCUT2D eigenvalue weighted by Crippen LogP contribution is 2.07. The zero-order chi connectivity index (χ0) is 10.0. The van der Waals surface area contributed by atoms with Gasteiger partial charge in [-0.15, -0.1) is 0 Å². The van der Waals surface area contributed by atoms with Crippen LogP contribution in [0.4, 0.5) is 0 Å². The van der Waals surface area contributed by atoms with Crippen LogP contribution in [0.15, 0.2) is 12.1 Å². The van der Waals surface area contributed by atoms with E-state index in [1.807, 2.05) is 0 Å². The van der Waals surface area contributed by atoms with Crippen LogP contribution in [0.3, 0.4) is 0 Å². The largest absolute Gasteiger partial charge is 0.488 e. The Hall–Kier alpha value is -0.835. The molecule has 0 fully saturated rings. The third-order valence-corrected chi connectivity index (χ3v) is 2.09. The molecular formula is C9H13BO3. The summed E-state index contributed by atoms with van der Waals surface area (Å²) in [5.74, 6) is 0. The molecule has 0 bridgehead atoms. The molecule has 0 aliphatic rings. The summed E-state index contributed by atoms with van der Waals surface area (Å²) in [6.45, 7) is 3.56. The lowest BCUT2D eigenvalue weighted by Gasteiger charge is -2.10. The number of aryl methyl sites for hydroxylation is 2. The molecule has 13 heavy (non-hydrogen) atoms. The van der Waals surface area contributed by atoms with Crippen LogP contribution >= 0.6 is 0 Å². The van der Waals surface area contributed by atoms with Crippen molar-refractivity contribution < 1.29 is 15.2 Å². The molecular weight excluding hydrogens is 167 g/mol. The molecule has 0 aliphatic heterocycles. The number of hydrogen-bond acceptors (Lipinski definition) is 3. The van der Waals surface area contributed by atoms with E-state index in [9.17, 15) is 0 Å². The topological polar surface area (TPSA) is 60.7 Å². The van der Waals surface area contributed by atoms with Crippen molar-refractivity contribution in [3.8, 4) is 0 Å². The number of hydrogen-bond donors (Lipinski definition) is 3. The fraction of sp³-hybridized carbons (Fsp3) is 0.333. The Kier molecular flexibility index (Phi) is 3.09. The van der Waals surface area contributed by atoms with Gasteiger partial charge in [-0.3, -0.25) is 0 Å². The number of aliphatic hydroxyl groups excluding tert-OH is 1. The quantitative estimate of drug-likeness (QED) is 0.536. The van der Waals surface area contributed by atoms with Crippen LogP contribution in [0.5, 0.6) is 0 Å². The van der Waals surface area contributed by atoms with E-state index in [1.165, 1.54) is 0 Å². The molecule has 1 aromatic carbocycles. The Morgan fingerprint density at radius 1 is 1.15 bits per heavy atom. The minimum absolute atomic E-state index is 0.0243. The maximum absolute atomic E-state index is 9.04. The summed E-state index contributed by atoms with van der Waals surface area (Å²) in [6, 6.07) is 3.50. The monoisotopic (exact) mass is 180 g/mol. The van der Waals surface area contributed by atoms with Gasteiger partial charge < -0.3 is 15.2 Å². The predicted octanol–water partition coefficient (Wildman–Crippen LogP) is -0.524. The van der Waals surface area contributed by atoms with Crippen LogP contribution in [-0.4, -0.2) is 22.3 Å². The lowest BCUT2D eigenvalue weighted by atomic mass is 9.74. The van der Waals surface area contributed by atoms with Gasteiger partial charge in [-0.25, -0.2) is 0 Å². The van der Waals surface area contributed by atoms with E-state index in [0.29, 0.717) is 5.46 Å². The van der Waals surface area contributed by atoms with Crippen LogP contribution in [0.1, 0.15) is 16.7 Å². The Morgan fingerprint density at radius 3 is 1.92 bits per heavy atom. The van der Waals surface area contributed by atoms with Gasteiger partial charge in [0, 0.05) is 0 Å². The molecule has 0 amide bonds. The molecule has 0 spiro atoms. The van der Waals surface area contributed by atoms with Gasteiger partial charge in [-0.05, 0) is 24.9 Å². The zero-order valence-electron chi connectivity index (χ0n) is 7.78. The van der Waals surface area contributed by atoms with Crippen molar-refractivity contribution in [3.63, 3.8) is 0 Å². The van der Waals surface area contributed by atoms with Crippen LogP contribution in [0, 0.1) is 13.8 Å². The maximum atomic E-state index is 9.04. The highest BCUT2D eigenvalue weighted by atomic mass is 16.4. The maximum Gasteiger partial charge on any atom is 0.488 e. The third kappa shape index (κ3) is 2.09. The summed E-state index contributed by atoms with van der Waals surface area (Å²) >= 11 is 0. The second kappa shape index (κ2) is 3.92. The van der Waals surface area contributed by atoms with Crippen LogP contribution in [0.25, 0.3) is 0 Å². The molecule has 0 atom stereocenters. The Labute approximate surface area is 77.8 Å². The van der Waals surface area contributed by atoms with Gasteiger partial charge in [0.05, 0.1) is 6.61 Å². The van der Waals surface area contributed by atoms with E-state index < -0.39 is 7.12 Å². The van der Waals surface area contributed by atoms with Crippen LogP contribution in [-0.2, 0) is 6.61 Å². The lowest BCUT2D eigenvalue weighted by molar-refractivity contribution is 0.281. The summed E-state index contributed by atoms with van der Waals surface area (Å²) in [4.78, 5) is 0. The van der Waals surface area contributed by atoms with Crippen molar-refractivity contribution in [2.75, 3.05) is 0 Å². The molecule has 0 unspecified atom stereocenters. The summed E-state index contributed by atoms with van der Waals surface area (Å²) in [7, 11) is -1.44. The standard InChI is InChI=1S/C9H13BO3/c1-6-3-8(5-11)4-7(2)9(6)10(12)13/h3-4,11-13H,5H2,1-2H3. The van der Waals surface area contributed by atoms with E-state index in [2.05, 4.69) is 0 Å². The Morgan fingerprint density at radius 2 is 1.62 bits per heavy atom. The highest BCUT2D eigenvalue weighted by Gasteiger charge is 2.16. The van der Waals surface area contributed by atoms with E-state index in [4.69, 9.17) is 15.2 Å². The fourth-order valence-electron chi connectivity index (χ4n) is 1.56. The smallest absolute Gasteiger partial charge is 0.423 e. The summed E-state index contributed by atoms with van der Waals surface area (Å²) in [5.41, 5.74) is 2.90. The third-order valence-electron chi connectivity index (χ3n) is 2.09. The van der Waals surface area contributed by atoms with Crippen LogP contribution < -0.4 is 5.46 Å². The van der Waals surface area contributed by atoms with Crippen molar-refractivity contribution >= 4 is 12.6 Å². The molecule has 70 valence electrons. The number of rotatable bonds is 2. The molecule has 3 N–H and O–H groups in total. The predicted molar refractivity (Wildman–Crippen MR) is 51.7 cm³/mol. The van der Waals surface area contributed by atoms with E-state index in [-0.39, 0.29) is 6.61 Å². The second-order valence-corrected chi connectivity index (χ2v) is 3.18. The van der Waals surface area contributed by atoms with E-state index in [1.54, 1.807) is 26.0 Å². The SMILES string of the molecule is Cc1cc(CO)cc(C)c1B(O)O. The van der Waals surface area contributed by atoms with Crippen molar-refractivity contribution in [3.05, 3.63) is 28.8 Å². The lowest BCUT2D eigenvalue weighted by Crippen LogP contribution is -2.34. The molecule has 0 saturated heterocycles. The van der Waals surface area contributed by atoms with Crippen molar-refractivity contribution in [2.24, 2.45) is 0 Å². The first-order valence-electron chi connectivity index (χ1n) is 4.13. The molecule has 3 nitrogen and oxygen atoms in total. The average molecular weight is 180 g/mol. The average Bonchev–Trinajstić information content (AvgIpc) is 2.02. The Balaban J connectivity index is 3.23. The normalized spacial score (nSPS) is 10.2. The molecule has 1 rings (SSSR count). The summed E-state index contributed by atoms with van der Waals surface area (Å²) in [6.07, 6.45) is 0. The van der Waals surface area contributed by atoms with Gasteiger partial charge in [0.1, 0.15) is 0 Å². The summed E-state index contributed by atoms with van der Waals surface area (Å²) in [5, 5.41) is 27.0. The molecule has 0 heterocycles. The zero-order valence-corrected chi connectivity index (χ0v) is 7.78. The van der Waals surface area contributed by atoms with Crippen molar-refractivity contribution in [2.45, 2.75) is 20.5 Å². The van der Waals surface area contributed by atoms with Gasteiger partial charge in [0.25, 0.3) is 0 Å². The molecule has 1 aromatic rings. The van der Waals surface area contributed by atoms with Gasteiger partial charge in [0.15, 0.2) is 0 Å². The van der Waals surface area contributed by atoms with E-state index in [0.717, 1.165) is 16.7 Å². The molecule has 0 saturated carbocycles. The van der Waals surface area contributed by atoms with Gasteiger partial charge in [-0.2, -0.15) is 0 Å². The molecule has 4 heteroatoms. The second-order valence-electron chi connectivity index (χ2n) is 3.18. The van der Waals surface area contributed by atoms with Crippen molar-refractivity contribution in [1.82, 2.24) is 0 Å². The molecule has 0 radical (unpaired) electrons. The first-order valence-corrected chi connectivity index (χ1v) is 4.13. The minimum Gasteiger partial charge on any atom is -0.423 e. The molecule has 0 aromatic heterocycles. The van der Waals surface area contributed by atoms with Crippen LogP contribution in [0.2, 0.25) is 0 Å². The minimum atomic E-state index is -1.44. The highest BCUT2D eigenvalue weighted by molar-refractivity contribution is 6.59. The fourth-order valence-corrected chi connectivity index (χ4v) is 1.56. The number of benzene rings is 1. The Bertz CT molecular complexity index is 287. The van der Waals surface area contributed by atoms with Gasteiger partial charge in [-0.1, -0.05) is 23.3 Å². The van der Waals surface area contributed by atoms with Gasteiger partial charge >= 0.3 is 7.12 Å². The van der Waals surface area contributed by atoms with Gasteiger partial charge in [0.2, 0.25) is 0 Å². The summed E-state index contributed by atoms with van der Waals surface area (Å²) < 4.78 is 0. The first kappa shape index (κ1) is 10.2. The van der Waals surface area contributed by atoms with E-state index >= 15 is 0 Å². The number of aliphatic hydroxyl groups is 1. The first-order chi connectivity index (χ1) is 6.06. The molecule has 0 aliphatic carbocycles.